The van der Waals surface area contributed by atoms with Crippen molar-refractivity contribution in [3.63, 3.8) is 0 Å². The Morgan fingerprint density at radius 1 is 0.920 bits per heavy atom. The van der Waals surface area contributed by atoms with Crippen LogP contribution in [0.1, 0.15) is 32.7 Å². The van der Waals surface area contributed by atoms with Gasteiger partial charge in [0.1, 0.15) is 0 Å². The first-order valence-corrected chi connectivity index (χ1v) is 7.82. The van der Waals surface area contributed by atoms with Crippen LogP contribution in [0.4, 0.5) is 0 Å². The molecule has 0 aliphatic rings. The number of allylic oxidation sites excluding steroid dienone is 1. The summed E-state index contributed by atoms with van der Waals surface area (Å²) in [4.78, 5) is 35.9. The van der Waals surface area contributed by atoms with Gasteiger partial charge in [0.2, 0.25) is 0 Å². The molecule has 25 heavy (non-hydrogen) atoms. The maximum absolute atomic E-state index is 12.6. The molecular formula is C21H18O4. The van der Waals surface area contributed by atoms with Crippen LogP contribution in [0.3, 0.4) is 0 Å². The van der Waals surface area contributed by atoms with Gasteiger partial charge in [-0.1, -0.05) is 67.3 Å². The number of hydrogen-bond acceptors (Lipinski definition) is 4. The average Bonchev–Trinajstić information content (AvgIpc) is 2.67. The number of rotatable bonds is 8. The molecule has 0 saturated carbocycles. The molecule has 2 rings (SSSR count). The second-order valence-corrected chi connectivity index (χ2v) is 5.17. The lowest BCUT2D eigenvalue weighted by Gasteiger charge is -2.06. The minimum atomic E-state index is -0.501. The number of esters is 1. The van der Waals surface area contributed by atoms with Crippen LogP contribution < -0.4 is 0 Å². The lowest BCUT2D eigenvalue weighted by Crippen LogP contribution is -2.08. The Morgan fingerprint density at radius 2 is 1.56 bits per heavy atom. The van der Waals surface area contributed by atoms with Gasteiger partial charge in [0.25, 0.3) is 0 Å². The van der Waals surface area contributed by atoms with Crippen LogP contribution in [-0.2, 0) is 9.53 Å². The predicted molar refractivity (Wildman–Crippen MR) is 95.6 cm³/mol. The van der Waals surface area contributed by atoms with E-state index in [2.05, 4.69) is 6.58 Å². The van der Waals surface area contributed by atoms with Gasteiger partial charge in [0.15, 0.2) is 11.6 Å². The van der Waals surface area contributed by atoms with Gasteiger partial charge in [-0.2, -0.15) is 0 Å². The fourth-order valence-corrected chi connectivity index (χ4v) is 2.21. The summed E-state index contributed by atoms with van der Waals surface area (Å²) in [7, 11) is 0. The first-order chi connectivity index (χ1) is 12.1. The Kier molecular flexibility index (Phi) is 6.60. The summed E-state index contributed by atoms with van der Waals surface area (Å²) in [6, 6.07) is 15.5. The SMILES string of the molecule is C=CC(=O)OCCC=CC(=O)c1ccccc1C(=O)c1ccccc1. The maximum atomic E-state index is 12.6. The van der Waals surface area contributed by atoms with Crippen molar-refractivity contribution in [2.75, 3.05) is 6.61 Å². The number of ketones is 2. The lowest BCUT2D eigenvalue weighted by molar-refractivity contribution is -0.137. The monoisotopic (exact) mass is 334 g/mol. The zero-order chi connectivity index (χ0) is 18.1. The van der Waals surface area contributed by atoms with Gasteiger partial charge < -0.3 is 4.74 Å². The zero-order valence-electron chi connectivity index (χ0n) is 13.7. The van der Waals surface area contributed by atoms with Gasteiger partial charge in [-0.05, 0) is 12.5 Å². The van der Waals surface area contributed by atoms with Crippen LogP contribution in [0.5, 0.6) is 0 Å². The van der Waals surface area contributed by atoms with Gasteiger partial charge in [0, 0.05) is 22.8 Å². The van der Waals surface area contributed by atoms with E-state index in [1.807, 2.05) is 6.07 Å². The highest BCUT2D eigenvalue weighted by atomic mass is 16.5. The molecule has 0 aromatic heterocycles. The van der Waals surface area contributed by atoms with E-state index in [0.717, 1.165) is 6.08 Å². The van der Waals surface area contributed by atoms with Crippen LogP contribution in [0.2, 0.25) is 0 Å². The minimum absolute atomic E-state index is 0.166. The highest BCUT2D eigenvalue weighted by molar-refractivity contribution is 6.17. The normalized spacial score (nSPS) is 10.4. The Bertz CT molecular complexity index is 804. The van der Waals surface area contributed by atoms with Crippen molar-refractivity contribution in [2.45, 2.75) is 6.42 Å². The number of ether oxygens (including phenoxy) is 1. The highest BCUT2D eigenvalue weighted by Crippen LogP contribution is 2.16. The molecular weight excluding hydrogens is 316 g/mol. The van der Waals surface area contributed by atoms with E-state index >= 15 is 0 Å². The number of carbonyl (C=O) groups excluding carboxylic acids is 3. The summed E-state index contributed by atoms with van der Waals surface area (Å²) >= 11 is 0. The fraction of sp³-hybridized carbons (Fsp3) is 0.0952. The molecule has 4 nitrogen and oxygen atoms in total. The van der Waals surface area contributed by atoms with Gasteiger partial charge in [0.05, 0.1) is 6.61 Å². The summed E-state index contributed by atoms with van der Waals surface area (Å²) in [5, 5.41) is 0. The second-order valence-electron chi connectivity index (χ2n) is 5.17. The van der Waals surface area contributed by atoms with Gasteiger partial charge >= 0.3 is 5.97 Å². The largest absolute Gasteiger partial charge is 0.462 e. The number of carbonyl (C=O) groups is 3. The Hall–Kier alpha value is -3.27. The van der Waals surface area contributed by atoms with E-state index in [1.165, 1.54) is 6.08 Å². The number of benzene rings is 2. The molecule has 0 atom stereocenters. The Labute approximate surface area is 146 Å². The summed E-state index contributed by atoms with van der Waals surface area (Å²) in [5.41, 5.74) is 1.24. The molecule has 0 saturated heterocycles. The van der Waals surface area contributed by atoms with Crippen LogP contribution in [0.25, 0.3) is 0 Å². The van der Waals surface area contributed by atoms with Gasteiger partial charge in [-0.15, -0.1) is 0 Å². The molecule has 2 aromatic carbocycles. The van der Waals surface area contributed by atoms with Gasteiger partial charge in [-0.3, -0.25) is 9.59 Å². The van der Waals surface area contributed by atoms with Crippen LogP contribution in [-0.4, -0.2) is 24.1 Å². The molecule has 0 N–H and O–H groups in total. The van der Waals surface area contributed by atoms with E-state index < -0.39 is 5.97 Å². The minimum Gasteiger partial charge on any atom is -0.462 e. The molecule has 2 aromatic rings. The maximum Gasteiger partial charge on any atom is 0.330 e. The summed E-state index contributed by atoms with van der Waals surface area (Å²) in [5.74, 6) is -0.966. The molecule has 0 heterocycles. The van der Waals surface area contributed by atoms with Crippen molar-refractivity contribution < 1.29 is 19.1 Å². The van der Waals surface area contributed by atoms with E-state index in [4.69, 9.17) is 4.74 Å². The van der Waals surface area contributed by atoms with Crippen molar-refractivity contribution in [3.8, 4) is 0 Å². The molecule has 0 spiro atoms. The van der Waals surface area contributed by atoms with E-state index in [0.29, 0.717) is 23.1 Å². The molecule has 0 unspecified atom stereocenters. The summed E-state index contributed by atoms with van der Waals surface area (Å²) < 4.78 is 4.82. The smallest absolute Gasteiger partial charge is 0.330 e. The molecule has 4 heteroatoms. The van der Waals surface area contributed by atoms with Crippen molar-refractivity contribution in [3.05, 3.63) is 96.1 Å². The van der Waals surface area contributed by atoms with Crippen LogP contribution >= 0.6 is 0 Å². The first-order valence-electron chi connectivity index (χ1n) is 7.82. The van der Waals surface area contributed by atoms with Crippen LogP contribution in [0.15, 0.2) is 79.4 Å². The quantitative estimate of drug-likeness (QED) is 0.319. The molecule has 0 amide bonds. The Balaban J connectivity index is 2.09. The lowest BCUT2D eigenvalue weighted by atomic mass is 9.96. The van der Waals surface area contributed by atoms with E-state index in [9.17, 15) is 14.4 Å². The predicted octanol–water partition coefficient (Wildman–Crippen LogP) is 3.78. The fourth-order valence-electron chi connectivity index (χ4n) is 2.21. The summed E-state index contributed by atoms with van der Waals surface area (Å²) in [6.07, 6.45) is 4.49. The van der Waals surface area contributed by atoms with Crippen molar-refractivity contribution in [1.82, 2.24) is 0 Å². The van der Waals surface area contributed by atoms with E-state index in [-0.39, 0.29) is 18.2 Å². The second kappa shape index (κ2) is 9.13. The van der Waals surface area contributed by atoms with Gasteiger partial charge in [-0.25, -0.2) is 4.79 Å². The third-order valence-corrected chi connectivity index (χ3v) is 3.44. The summed E-state index contributed by atoms with van der Waals surface area (Å²) in [6.45, 7) is 3.47. The first kappa shape index (κ1) is 18.1. The molecule has 0 bridgehead atoms. The molecule has 0 aliphatic heterocycles. The molecule has 126 valence electrons. The number of hydrogen-bond donors (Lipinski definition) is 0. The molecule has 0 radical (unpaired) electrons. The topological polar surface area (TPSA) is 60.4 Å². The van der Waals surface area contributed by atoms with Crippen molar-refractivity contribution >= 4 is 17.5 Å². The average molecular weight is 334 g/mol. The van der Waals surface area contributed by atoms with Crippen molar-refractivity contribution in [2.24, 2.45) is 0 Å². The molecule has 0 aliphatic carbocycles. The van der Waals surface area contributed by atoms with E-state index in [1.54, 1.807) is 54.6 Å². The standard InChI is InChI=1S/C21H18O4/c1-2-20(23)25-15-9-8-14-19(22)17-12-6-7-13-18(17)21(24)16-10-4-3-5-11-16/h2-8,10-14H,1,9,15H2. The third-order valence-electron chi connectivity index (χ3n) is 3.44. The zero-order valence-corrected chi connectivity index (χ0v) is 13.7. The third kappa shape index (κ3) is 5.11. The molecule has 0 fully saturated rings. The van der Waals surface area contributed by atoms with Crippen molar-refractivity contribution in [1.29, 1.82) is 0 Å². The van der Waals surface area contributed by atoms with Crippen LogP contribution in [0, 0.1) is 0 Å². The Morgan fingerprint density at radius 3 is 2.24 bits per heavy atom. The highest BCUT2D eigenvalue weighted by Gasteiger charge is 2.16.